The van der Waals surface area contributed by atoms with Crippen LogP contribution in [0.3, 0.4) is 0 Å². The normalized spacial score (nSPS) is 17.2. The average Bonchev–Trinajstić information content (AvgIpc) is 2.82. The van der Waals surface area contributed by atoms with Crippen LogP contribution < -0.4 is 11.1 Å². The fourth-order valence-electron chi connectivity index (χ4n) is 2.77. The Kier molecular flexibility index (Phi) is 3.79. The van der Waals surface area contributed by atoms with E-state index in [1.165, 1.54) is 0 Å². The van der Waals surface area contributed by atoms with Gasteiger partial charge in [-0.1, -0.05) is 0 Å². The lowest BCUT2D eigenvalue weighted by Gasteiger charge is -2.31. The number of fused-ring (bicyclic) bond motifs is 1. The number of likely N-dealkylation sites (tertiary alicyclic amines) is 1. The SMILES string of the molecule is CC(=O)NC1CCN(Cc2nc3ccc(N)cc3o2)CC1. The van der Waals surface area contributed by atoms with Gasteiger partial charge in [-0.2, -0.15) is 0 Å². The molecule has 1 fully saturated rings. The maximum atomic E-state index is 11.1. The lowest BCUT2D eigenvalue weighted by molar-refractivity contribution is -0.120. The van der Waals surface area contributed by atoms with Gasteiger partial charge >= 0.3 is 0 Å². The van der Waals surface area contributed by atoms with Crippen molar-refractivity contribution in [3.63, 3.8) is 0 Å². The van der Waals surface area contributed by atoms with E-state index in [1.54, 1.807) is 13.0 Å². The van der Waals surface area contributed by atoms with Crippen molar-refractivity contribution in [2.45, 2.75) is 32.4 Å². The summed E-state index contributed by atoms with van der Waals surface area (Å²) >= 11 is 0. The third-order valence-corrected chi connectivity index (χ3v) is 3.81. The number of benzene rings is 1. The Labute approximate surface area is 123 Å². The summed E-state index contributed by atoms with van der Waals surface area (Å²) in [6.07, 6.45) is 1.93. The largest absolute Gasteiger partial charge is 0.439 e. The maximum absolute atomic E-state index is 11.1. The number of anilines is 1. The summed E-state index contributed by atoms with van der Waals surface area (Å²) in [4.78, 5) is 17.8. The van der Waals surface area contributed by atoms with Crippen molar-refractivity contribution in [1.82, 2.24) is 15.2 Å². The van der Waals surface area contributed by atoms with Crippen molar-refractivity contribution in [2.75, 3.05) is 18.8 Å². The van der Waals surface area contributed by atoms with Crippen LogP contribution in [0.25, 0.3) is 11.1 Å². The van der Waals surface area contributed by atoms with E-state index in [-0.39, 0.29) is 5.91 Å². The summed E-state index contributed by atoms with van der Waals surface area (Å²) in [6, 6.07) is 5.80. The molecule has 1 amide bonds. The first-order valence-electron chi connectivity index (χ1n) is 7.24. The van der Waals surface area contributed by atoms with Crippen molar-refractivity contribution < 1.29 is 9.21 Å². The topological polar surface area (TPSA) is 84.4 Å². The molecule has 1 aliphatic rings. The number of oxazole rings is 1. The van der Waals surface area contributed by atoms with Crippen LogP contribution in [-0.2, 0) is 11.3 Å². The number of hydrogen-bond donors (Lipinski definition) is 2. The molecular formula is C15H20N4O2. The zero-order chi connectivity index (χ0) is 14.8. The molecule has 6 nitrogen and oxygen atoms in total. The molecule has 0 radical (unpaired) electrons. The molecule has 0 bridgehead atoms. The number of nitrogens with two attached hydrogens (primary N) is 1. The van der Waals surface area contributed by atoms with Gasteiger partial charge in [0.25, 0.3) is 0 Å². The highest BCUT2D eigenvalue weighted by atomic mass is 16.3. The zero-order valence-electron chi connectivity index (χ0n) is 12.1. The van der Waals surface area contributed by atoms with Crippen LogP contribution in [0.5, 0.6) is 0 Å². The predicted molar refractivity (Wildman–Crippen MR) is 80.5 cm³/mol. The van der Waals surface area contributed by atoms with E-state index in [1.807, 2.05) is 12.1 Å². The number of carbonyl (C=O) groups is 1. The molecule has 6 heteroatoms. The second kappa shape index (κ2) is 5.73. The highest BCUT2D eigenvalue weighted by Crippen LogP contribution is 2.20. The Balaban J connectivity index is 1.60. The van der Waals surface area contributed by atoms with Gasteiger partial charge < -0.3 is 15.5 Å². The second-order valence-corrected chi connectivity index (χ2v) is 5.59. The van der Waals surface area contributed by atoms with Crippen LogP contribution in [0.4, 0.5) is 5.69 Å². The van der Waals surface area contributed by atoms with Gasteiger partial charge in [0.1, 0.15) is 5.52 Å². The Morgan fingerprint density at radius 1 is 1.48 bits per heavy atom. The van der Waals surface area contributed by atoms with Crippen molar-refractivity contribution in [3.05, 3.63) is 24.1 Å². The van der Waals surface area contributed by atoms with E-state index >= 15 is 0 Å². The predicted octanol–water partition coefficient (Wildman–Crippen LogP) is 1.51. The highest BCUT2D eigenvalue weighted by molar-refractivity contribution is 5.76. The lowest BCUT2D eigenvalue weighted by atomic mass is 10.1. The number of carbonyl (C=O) groups excluding carboxylic acids is 1. The van der Waals surface area contributed by atoms with Crippen molar-refractivity contribution in [1.29, 1.82) is 0 Å². The van der Waals surface area contributed by atoms with E-state index in [2.05, 4.69) is 15.2 Å². The van der Waals surface area contributed by atoms with Crippen LogP contribution in [-0.4, -0.2) is 34.9 Å². The summed E-state index contributed by atoms with van der Waals surface area (Å²) in [5.41, 5.74) is 8.00. The highest BCUT2D eigenvalue weighted by Gasteiger charge is 2.21. The zero-order valence-corrected chi connectivity index (χ0v) is 12.1. The summed E-state index contributed by atoms with van der Waals surface area (Å²) in [5.74, 6) is 0.763. The minimum absolute atomic E-state index is 0.0463. The standard InChI is InChI=1S/C15H20N4O2/c1-10(20)17-12-4-6-19(7-5-12)9-15-18-13-3-2-11(16)8-14(13)21-15/h2-3,8,12H,4-7,9,16H2,1H3,(H,17,20). The van der Waals surface area contributed by atoms with Gasteiger partial charge in [-0.15, -0.1) is 0 Å². The number of aromatic nitrogens is 1. The molecule has 0 saturated carbocycles. The summed E-state index contributed by atoms with van der Waals surface area (Å²) in [5, 5.41) is 2.98. The Hall–Kier alpha value is -2.08. The molecule has 3 rings (SSSR count). The number of amides is 1. The van der Waals surface area contributed by atoms with Gasteiger partial charge in [-0.3, -0.25) is 9.69 Å². The molecule has 21 heavy (non-hydrogen) atoms. The number of nitrogens with zero attached hydrogens (tertiary/aromatic N) is 2. The molecule has 0 spiro atoms. The average molecular weight is 288 g/mol. The molecule has 1 aliphatic heterocycles. The molecular weight excluding hydrogens is 268 g/mol. The summed E-state index contributed by atoms with van der Waals surface area (Å²) in [7, 11) is 0. The van der Waals surface area contributed by atoms with Gasteiger partial charge in [0, 0.05) is 37.8 Å². The van der Waals surface area contributed by atoms with Crippen molar-refractivity contribution in [2.24, 2.45) is 0 Å². The third kappa shape index (κ3) is 3.33. The second-order valence-electron chi connectivity index (χ2n) is 5.59. The van der Waals surface area contributed by atoms with Crippen LogP contribution in [0.2, 0.25) is 0 Å². The lowest BCUT2D eigenvalue weighted by Crippen LogP contribution is -2.43. The van der Waals surface area contributed by atoms with Gasteiger partial charge in [-0.25, -0.2) is 4.98 Å². The summed E-state index contributed by atoms with van der Waals surface area (Å²) in [6.45, 7) is 4.13. The molecule has 1 aromatic carbocycles. The fourth-order valence-corrected chi connectivity index (χ4v) is 2.77. The van der Waals surface area contributed by atoms with Gasteiger partial charge in [0.15, 0.2) is 5.58 Å². The third-order valence-electron chi connectivity index (χ3n) is 3.81. The van der Waals surface area contributed by atoms with Gasteiger partial charge in [0.2, 0.25) is 11.8 Å². The van der Waals surface area contributed by atoms with Crippen molar-refractivity contribution in [3.8, 4) is 0 Å². The Morgan fingerprint density at radius 3 is 2.95 bits per heavy atom. The molecule has 2 heterocycles. The molecule has 2 aromatic rings. The Bertz CT molecular complexity index is 644. The van der Waals surface area contributed by atoms with Gasteiger partial charge in [-0.05, 0) is 25.0 Å². The first kappa shape index (κ1) is 13.9. The molecule has 112 valence electrons. The molecule has 1 saturated heterocycles. The molecule has 3 N–H and O–H groups in total. The first-order chi connectivity index (χ1) is 10.1. The van der Waals surface area contributed by atoms with E-state index in [0.29, 0.717) is 24.2 Å². The minimum Gasteiger partial charge on any atom is -0.439 e. The molecule has 1 aromatic heterocycles. The maximum Gasteiger partial charge on any atom is 0.217 e. The monoisotopic (exact) mass is 288 g/mol. The first-order valence-corrected chi connectivity index (χ1v) is 7.24. The van der Waals surface area contributed by atoms with E-state index < -0.39 is 0 Å². The summed E-state index contributed by atoms with van der Waals surface area (Å²) < 4.78 is 5.74. The molecule has 0 unspecified atom stereocenters. The number of rotatable bonds is 3. The smallest absolute Gasteiger partial charge is 0.217 e. The van der Waals surface area contributed by atoms with Crippen LogP contribution >= 0.6 is 0 Å². The van der Waals surface area contributed by atoms with Crippen LogP contribution in [0.15, 0.2) is 22.6 Å². The molecule has 0 atom stereocenters. The van der Waals surface area contributed by atoms with E-state index in [9.17, 15) is 4.79 Å². The van der Waals surface area contributed by atoms with E-state index in [0.717, 1.165) is 37.0 Å². The van der Waals surface area contributed by atoms with Crippen LogP contribution in [0, 0.1) is 0 Å². The van der Waals surface area contributed by atoms with Crippen molar-refractivity contribution >= 4 is 22.7 Å². The Morgan fingerprint density at radius 2 is 2.24 bits per heavy atom. The number of nitrogens with one attached hydrogen (secondary N) is 1. The number of nitrogen functional groups attached to an aromatic ring is 1. The minimum atomic E-state index is 0.0463. The van der Waals surface area contributed by atoms with E-state index in [4.69, 9.17) is 10.2 Å². The molecule has 0 aliphatic carbocycles. The quantitative estimate of drug-likeness (QED) is 0.836. The number of piperidine rings is 1. The van der Waals surface area contributed by atoms with Crippen LogP contribution in [0.1, 0.15) is 25.7 Å². The number of hydrogen-bond acceptors (Lipinski definition) is 5. The fraction of sp³-hybridized carbons (Fsp3) is 0.467. The van der Waals surface area contributed by atoms with Gasteiger partial charge in [0.05, 0.1) is 6.54 Å².